The smallest absolute Gasteiger partial charge is 0.343 e. The van der Waals surface area contributed by atoms with E-state index in [0.29, 0.717) is 18.2 Å². The number of esters is 1. The SMILES string of the molecule is CCOC(=O)c1c(C)nsc1NC(C)CCCC(C)C. The van der Waals surface area contributed by atoms with Gasteiger partial charge < -0.3 is 10.1 Å². The van der Waals surface area contributed by atoms with Crippen LogP contribution in [0.15, 0.2) is 0 Å². The Hall–Kier alpha value is -1.10. The van der Waals surface area contributed by atoms with Crippen LogP contribution in [0.1, 0.15) is 63.0 Å². The van der Waals surface area contributed by atoms with E-state index in [1.807, 2.05) is 13.8 Å². The lowest BCUT2D eigenvalue weighted by Crippen LogP contribution is -2.17. The molecule has 0 bridgehead atoms. The Kier molecular flexibility index (Phi) is 6.99. The second-order valence-electron chi connectivity index (χ2n) is 5.56. The van der Waals surface area contributed by atoms with Crippen molar-refractivity contribution in [1.29, 1.82) is 0 Å². The first-order chi connectivity index (χ1) is 9.45. The fourth-order valence-corrected chi connectivity index (χ4v) is 2.94. The van der Waals surface area contributed by atoms with Gasteiger partial charge in [-0.3, -0.25) is 0 Å². The Labute approximate surface area is 126 Å². The molecule has 1 heterocycles. The molecule has 0 aromatic carbocycles. The molecule has 1 aromatic rings. The summed E-state index contributed by atoms with van der Waals surface area (Å²) >= 11 is 1.34. The van der Waals surface area contributed by atoms with Gasteiger partial charge in [0.05, 0.1) is 12.3 Å². The molecule has 1 aromatic heterocycles. The summed E-state index contributed by atoms with van der Waals surface area (Å²) in [7, 11) is 0. The van der Waals surface area contributed by atoms with E-state index in [1.165, 1.54) is 24.4 Å². The van der Waals surface area contributed by atoms with Crippen LogP contribution in [0.4, 0.5) is 5.00 Å². The van der Waals surface area contributed by atoms with Gasteiger partial charge in [0.25, 0.3) is 0 Å². The van der Waals surface area contributed by atoms with E-state index in [9.17, 15) is 4.79 Å². The number of rotatable bonds is 8. The van der Waals surface area contributed by atoms with Gasteiger partial charge >= 0.3 is 5.97 Å². The van der Waals surface area contributed by atoms with Crippen LogP contribution in [0, 0.1) is 12.8 Å². The van der Waals surface area contributed by atoms with Crippen molar-refractivity contribution in [2.75, 3.05) is 11.9 Å². The van der Waals surface area contributed by atoms with Crippen molar-refractivity contribution in [2.24, 2.45) is 5.92 Å². The molecule has 0 amide bonds. The maximum Gasteiger partial charge on any atom is 0.343 e. The third-order valence-corrected chi connectivity index (χ3v) is 4.01. The second kappa shape index (κ2) is 8.25. The van der Waals surface area contributed by atoms with Crippen molar-refractivity contribution in [3.8, 4) is 0 Å². The second-order valence-corrected chi connectivity index (χ2v) is 6.34. The largest absolute Gasteiger partial charge is 0.462 e. The number of nitrogens with zero attached hydrogens (tertiary/aromatic N) is 1. The summed E-state index contributed by atoms with van der Waals surface area (Å²) in [5.41, 5.74) is 1.33. The summed E-state index contributed by atoms with van der Waals surface area (Å²) in [4.78, 5) is 11.9. The molecule has 0 saturated heterocycles. The van der Waals surface area contributed by atoms with Crippen molar-refractivity contribution >= 4 is 22.5 Å². The average molecular weight is 298 g/mol. The molecular formula is C15H26N2O2S. The third kappa shape index (κ3) is 5.12. The number of anilines is 1. The molecule has 0 aliphatic heterocycles. The van der Waals surface area contributed by atoms with Crippen molar-refractivity contribution in [3.63, 3.8) is 0 Å². The zero-order chi connectivity index (χ0) is 15.1. The molecule has 0 saturated carbocycles. The van der Waals surface area contributed by atoms with Gasteiger partial charge in [-0.25, -0.2) is 4.79 Å². The van der Waals surface area contributed by atoms with Crippen molar-refractivity contribution in [3.05, 3.63) is 11.3 Å². The van der Waals surface area contributed by atoms with Gasteiger partial charge in [-0.2, -0.15) is 4.37 Å². The van der Waals surface area contributed by atoms with E-state index in [2.05, 4.69) is 30.5 Å². The van der Waals surface area contributed by atoms with Gasteiger partial charge in [-0.05, 0) is 44.6 Å². The van der Waals surface area contributed by atoms with Crippen LogP contribution in [0.3, 0.4) is 0 Å². The summed E-state index contributed by atoms with van der Waals surface area (Å²) in [6, 6.07) is 0.335. The lowest BCUT2D eigenvalue weighted by molar-refractivity contribution is 0.0527. The molecule has 0 fully saturated rings. The minimum Gasteiger partial charge on any atom is -0.462 e. The molecule has 1 N–H and O–H groups in total. The van der Waals surface area contributed by atoms with Gasteiger partial charge in [0.2, 0.25) is 0 Å². The van der Waals surface area contributed by atoms with E-state index >= 15 is 0 Å². The summed E-state index contributed by atoms with van der Waals surface area (Å²) < 4.78 is 9.35. The minimum atomic E-state index is -0.282. The Morgan fingerprint density at radius 2 is 2.05 bits per heavy atom. The van der Waals surface area contributed by atoms with Crippen LogP contribution >= 0.6 is 11.5 Å². The summed E-state index contributed by atoms with van der Waals surface area (Å²) in [6.07, 6.45) is 3.52. The van der Waals surface area contributed by atoms with Crippen LogP contribution in [0.25, 0.3) is 0 Å². The fraction of sp³-hybridized carbons (Fsp3) is 0.733. The molecule has 1 rings (SSSR count). The van der Waals surface area contributed by atoms with Gasteiger partial charge in [0.15, 0.2) is 0 Å². The normalized spacial score (nSPS) is 12.5. The van der Waals surface area contributed by atoms with Crippen LogP contribution in [-0.2, 0) is 4.74 Å². The predicted octanol–water partition coefficient (Wildman–Crippen LogP) is 4.25. The number of nitrogens with one attached hydrogen (secondary N) is 1. The molecule has 0 aliphatic rings. The Balaban J connectivity index is 2.61. The quantitative estimate of drug-likeness (QED) is 0.729. The highest BCUT2D eigenvalue weighted by molar-refractivity contribution is 7.10. The molecule has 114 valence electrons. The first kappa shape index (κ1) is 17.0. The molecule has 4 nitrogen and oxygen atoms in total. The molecule has 0 aliphatic carbocycles. The van der Waals surface area contributed by atoms with Crippen LogP contribution in [0.2, 0.25) is 0 Å². The Bertz CT molecular complexity index is 430. The summed E-state index contributed by atoms with van der Waals surface area (Å²) in [5.74, 6) is 0.457. The van der Waals surface area contributed by atoms with Crippen LogP contribution in [-0.4, -0.2) is 23.0 Å². The summed E-state index contributed by atoms with van der Waals surface area (Å²) in [5, 5.41) is 4.23. The van der Waals surface area contributed by atoms with Gasteiger partial charge in [0.1, 0.15) is 10.6 Å². The van der Waals surface area contributed by atoms with Gasteiger partial charge in [-0.15, -0.1) is 0 Å². The lowest BCUT2D eigenvalue weighted by Gasteiger charge is -2.15. The topological polar surface area (TPSA) is 51.2 Å². The van der Waals surface area contributed by atoms with Crippen molar-refractivity contribution in [2.45, 2.75) is 59.9 Å². The highest BCUT2D eigenvalue weighted by Gasteiger charge is 2.20. The minimum absolute atomic E-state index is 0.282. The molecule has 0 spiro atoms. The third-order valence-electron chi connectivity index (χ3n) is 3.14. The number of aryl methyl sites for hydroxylation is 1. The number of carbonyl (C=O) groups is 1. The highest BCUT2D eigenvalue weighted by Crippen LogP contribution is 2.26. The Morgan fingerprint density at radius 3 is 2.65 bits per heavy atom. The molecule has 20 heavy (non-hydrogen) atoms. The maximum atomic E-state index is 11.9. The first-order valence-corrected chi connectivity index (χ1v) is 8.12. The first-order valence-electron chi connectivity index (χ1n) is 7.35. The van der Waals surface area contributed by atoms with E-state index in [4.69, 9.17) is 4.74 Å². The van der Waals surface area contributed by atoms with E-state index in [1.54, 1.807) is 0 Å². The maximum absolute atomic E-state index is 11.9. The zero-order valence-electron chi connectivity index (χ0n) is 13.2. The van der Waals surface area contributed by atoms with Crippen molar-refractivity contribution in [1.82, 2.24) is 4.37 Å². The number of carbonyl (C=O) groups excluding carboxylic acids is 1. The van der Waals surface area contributed by atoms with Crippen LogP contribution < -0.4 is 5.32 Å². The van der Waals surface area contributed by atoms with Gasteiger partial charge in [0, 0.05) is 6.04 Å². The molecular weight excluding hydrogens is 272 g/mol. The molecule has 0 radical (unpaired) electrons. The predicted molar refractivity (Wildman–Crippen MR) is 84.6 cm³/mol. The number of aromatic nitrogens is 1. The van der Waals surface area contributed by atoms with E-state index in [-0.39, 0.29) is 5.97 Å². The highest BCUT2D eigenvalue weighted by atomic mass is 32.1. The van der Waals surface area contributed by atoms with Gasteiger partial charge in [-0.1, -0.05) is 26.7 Å². The molecule has 1 atom stereocenters. The molecule has 1 unspecified atom stereocenters. The average Bonchev–Trinajstić information content (AvgIpc) is 2.70. The van der Waals surface area contributed by atoms with Crippen molar-refractivity contribution < 1.29 is 9.53 Å². The lowest BCUT2D eigenvalue weighted by atomic mass is 10.0. The summed E-state index contributed by atoms with van der Waals surface area (Å²) in [6.45, 7) is 10.7. The van der Waals surface area contributed by atoms with E-state index < -0.39 is 0 Å². The number of hydrogen-bond donors (Lipinski definition) is 1. The Morgan fingerprint density at radius 1 is 1.35 bits per heavy atom. The molecule has 5 heteroatoms. The number of hydrogen-bond acceptors (Lipinski definition) is 5. The fourth-order valence-electron chi connectivity index (χ4n) is 2.04. The number of ether oxygens (including phenoxy) is 1. The van der Waals surface area contributed by atoms with E-state index in [0.717, 1.165) is 23.0 Å². The standard InChI is InChI=1S/C15H26N2O2S/c1-6-19-15(18)13-12(5)17-20-14(13)16-11(4)9-7-8-10(2)3/h10-11,16H,6-9H2,1-5H3. The van der Waals surface area contributed by atoms with Crippen LogP contribution in [0.5, 0.6) is 0 Å². The monoisotopic (exact) mass is 298 g/mol. The zero-order valence-corrected chi connectivity index (χ0v) is 14.0.